The van der Waals surface area contributed by atoms with E-state index in [0.717, 1.165) is 8.66 Å². The molecule has 3 aromatic rings. The van der Waals surface area contributed by atoms with Gasteiger partial charge in [-0.1, -0.05) is 5.10 Å². The Kier molecular flexibility index (Phi) is 4.73. The van der Waals surface area contributed by atoms with Gasteiger partial charge >= 0.3 is 6.01 Å². The van der Waals surface area contributed by atoms with Crippen LogP contribution in [-0.4, -0.2) is 22.7 Å². The third-order valence-electron chi connectivity index (χ3n) is 2.86. The minimum Gasteiger partial charge on any atom is -0.494 e. The molecule has 0 fully saturated rings. The Morgan fingerprint density at radius 2 is 2.04 bits per heavy atom. The molecule has 0 aliphatic carbocycles. The zero-order valence-corrected chi connectivity index (χ0v) is 14.5. The van der Waals surface area contributed by atoms with Crippen molar-refractivity contribution in [3.63, 3.8) is 0 Å². The number of nitrogens with one attached hydrogen (secondary N) is 1. The molecule has 1 aromatic carbocycles. The maximum absolute atomic E-state index is 12.1. The summed E-state index contributed by atoms with van der Waals surface area (Å²) in [6, 6.07) is 10.6. The highest BCUT2D eigenvalue weighted by atomic mass is 79.9. The minimum absolute atomic E-state index is 0.0587. The molecule has 0 radical (unpaired) electrons. The van der Waals surface area contributed by atoms with E-state index < -0.39 is 0 Å². The molecule has 6 nitrogen and oxygen atoms in total. The van der Waals surface area contributed by atoms with Gasteiger partial charge in [-0.25, -0.2) is 0 Å². The zero-order valence-electron chi connectivity index (χ0n) is 12.1. The van der Waals surface area contributed by atoms with Gasteiger partial charge < -0.3 is 9.15 Å². The van der Waals surface area contributed by atoms with E-state index in [4.69, 9.17) is 9.15 Å². The van der Waals surface area contributed by atoms with Gasteiger partial charge in [0, 0.05) is 5.56 Å². The highest BCUT2D eigenvalue weighted by molar-refractivity contribution is 9.11. The van der Waals surface area contributed by atoms with Crippen LogP contribution in [0.25, 0.3) is 10.8 Å². The van der Waals surface area contributed by atoms with Crippen molar-refractivity contribution in [2.45, 2.75) is 6.92 Å². The molecular formula is C15H12BrN3O3S. The number of halogens is 1. The molecule has 0 unspecified atom stereocenters. The Bertz CT molecular complexity index is 813. The number of rotatable bonds is 5. The lowest BCUT2D eigenvalue weighted by Crippen LogP contribution is -2.12. The highest BCUT2D eigenvalue weighted by Gasteiger charge is 2.14. The number of hydrogen-bond donors (Lipinski definition) is 1. The van der Waals surface area contributed by atoms with E-state index in [-0.39, 0.29) is 11.9 Å². The Morgan fingerprint density at radius 3 is 2.70 bits per heavy atom. The van der Waals surface area contributed by atoms with Crippen molar-refractivity contribution in [1.29, 1.82) is 0 Å². The first-order valence-corrected chi connectivity index (χ1v) is 8.40. The molecule has 8 heteroatoms. The Balaban J connectivity index is 1.69. The van der Waals surface area contributed by atoms with Crippen LogP contribution in [0.1, 0.15) is 17.3 Å². The fourth-order valence-electron chi connectivity index (χ4n) is 1.84. The van der Waals surface area contributed by atoms with Gasteiger partial charge in [-0.3, -0.25) is 10.1 Å². The molecule has 0 saturated heterocycles. The SMILES string of the molecule is CCOc1ccc(C(=O)Nc2nnc(-c3ccc(Br)s3)o2)cc1. The standard InChI is InChI=1S/C15H12BrN3O3S/c1-2-21-10-5-3-9(4-6-10)13(20)17-15-19-18-14(22-15)11-7-8-12(16)23-11/h3-8H,2H2,1H3,(H,17,19,20). The monoisotopic (exact) mass is 393 g/mol. The number of benzene rings is 1. The number of carbonyl (C=O) groups is 1. The average Bonchev–Trinajstić information content (AvgIpc) is 3.17. The third-order valence-corrected chi connectivity index (χ3v) is 4.47. The number of ether oxygens (including phenoxy) is 1. The van der Waals surface area contributed by atoms with Gasteiger partial charge in [0.05, 0.1) is 15.3 Å². The van der Waals surface area contributed by atoms with Crippen LogP contribution < -0.4 is 10.1 Å². The molecule has 2 heterocycles. The van der Waals surface area contributed by atoms with Crippen LogP contribution in [0.3, 0.4) is 0 Å². The quantitative estimate of drug-likeness (QED) is 0.702. The summed E-state index contributed by atoms with van der Waals surface area (Å²) < 4.78 is 11.7. The van der Waals surface area contributed by atoms with Crippen molar-refractivity contribution in [3.8, 4) is 16.5 Å². The summed E-state index contributed by atoms with van der Waals surface area (Å²) in [5, 5.41) is 10.3. The molecule has 0 atom stereocenters. The van der Waals surface area contributed by atoms with E-state index in [0.29, 0.717) is 23.8 Å². The fourth-order valence-corrected chi connectivity index (χ4v) is 3.15. The van der Waals surface area contributed by atoms with Crippen LogP contribution in [0.4, 0.5) is 6.01 Å². The van der Waals surface area contributed by atoms with Crippen molar-refractivity contribution in [1.82, 2.24) is 10.2 Å². The van der Waals surface area contributed by atoms with Gasteiger partial charge in [-0.15, -0.1) is 16.4 Å². The van der Waals surface area contributed by atoms with Crippen LogP contribution in [0.15, 0.2) is 44.6 Å². The lowest BCUT2D eigenvalue weighted by atomic mass is 10.2. The summed E-state index contributed by atoms with van der Waals surface area (Å²) in [6.45, 7) is 2.48. The normalized spacial score (nSPS) is 10.5. The van der Waals surface area contributed by atoms with Crippen molar-refractivity contribution >= 4 is 39.2 Å². The number of hydrogen-bond acceptors (Lipinski definition) is 6. The molecule has 0 spiro atoms. The molecule has 0 saturated carbocycles. The number of nitrogens with zero attached hydrogens (tertiary/aromatic N) is 2. The molecule has 2 aromatic heterocycles. The van der Waals surface area contributed by atoms with Crippen LogP contribution in [-0.2, 0) is 0 Å². The highest BCUT2D eigenvalue weighted by Crippen LogP contribution is 2.31. The second-order valence-electron chi connectivity index (χ2n) is 4.43. The van der Waals surface area contributed by atoms with Gasteiger partial charge in [0.1, 0.15) is 5.75 Å². The minimum atomic E-state index is -0.324. The topological polar surface area (TPSA) is 77.2 Å². The van der Waals surface area contributed by atoms with Gasteiger partial charge in [0.25, 0.3) is 11.8 Å². The first kappa shape index (κ1) is 15.7. The predicted molar refractivity (Wildman–Crippen MR) is 90.9 cm³/mol. The van der Waals surface area contributed by atoms with Crippen LogP contribution >= 0.6 is 27.3 Å². The van der Waals surface area contributed by atoms with Crippen LogP contribution in [0, 0.1) is 0 Å². The Morgan fingerprint density at radius 1 is 1.26 bits per heavy atom. The lowest BCUT2D eigenvalue weighted by Gasteiger charge is -2.04. The molecule has 23 heavy (non-hydrogen) atoms. The number of thiophene rings is 1. The summed E-state index contributed by atoms with van der Waals surface area (Å²) in [5.74, 6) is 0.755. The number of aromatic nitrogens is 2. The summed E-state index contributed by atoms with van der Waals surface area (Å²) >= 11 is 4.84. The molecule has 0 aliphatic heterocycles. The van der Waals surface area contributed by atoms with E-state index in [1.54, 1.807) is 24.3 Å². The number of carbonyl (C=O) groups excluding carboxylic acids is 1. The second-order valence-corrected chi connectivity index (χ2v) is 6.89. The lowest BCUT2D eigenvalue weighted by molar-refractivity contribution is 0.102. The van der Waals surface area contributed by atoms with Crippen molar-refractivity contribution in [3.05, 3.63) is 45.7 Å². The maximum atomic E-state index is 12.1. The number of amides is 1. The Hall–Kier alpha value is -2.19. The first-order valence-electron chi connectivity index (χ1n) is 6.79. The Labute approximate surface area is 144 Å². The largest absolute Gasteiger partial charge is 0.494 e. The maximum Gasteiger partial charge on any atom is 0.322 e. The molecule has 0 aliphatic rings. The first-order chi connectivity index (χ1) is 11.2. The van der Waals surface area contributed by atoms with Gasteiger partial charge in [0.15, 0.2) is 0 Å². The van der Waals surface area contributed by atoms with Crippen LogP contribution in [0.5, 0.6) is 5.75 Å². The van der Waals surface area contributed by atoms with E-state index >= 15 is 0 Å². The molecule has 3 rings (SSSR count). The molecule has 1 N–H and O–H groups in total. The van der Waals surface area contributed by atoms with Crippen molar-refractivity contribution in [2.24, 2.45) is 0 Å². The summed E-state index contributed by atoms with van der Waals surface area (Å²) in [4.78, 5) is 13.0. The van der Waals surface area contributed by atoms with Crippen LogP contribution in [0.2, 0.25) is 0 Å². The predicted octanol–water partition coefficient (Wildman–Crippen LogP) is 4.21. The molecular weight excluding hydrogens is 382 g/mol. The van der Waals surface area contributed by atoms with Gasteiger partial charge in [0.2, 0.25) is 0 Å². The van der Waals surface area contributed by atoms with E-state index in [2.05, 4.69) is 31.4 Å². The second kappa shape index (κ2) is 6.93. The average molecular weight is 394 g/mol. The summed E-state index contributed by atoms with van der Waals surface area (Å²) in [5.41, 5.74) is 0.479. The fraction of sp³-hybridized carbons (Fsp3) is 0.133. The summed E-state index contributed by atoms with van der Waals surface area (Å²) in [6.07, 6.45) is 0. The molecule has 118 valence electrons. The van der Waals surface area contributed by atoms with E-state index in [1.165, 1.54) is 11.3 Å². The van der Waals surface area contributed by atoms with Gasteiger partial charge in [-0.2, -0.15) is 0 Å². The van der Waals surface area contributed by atoms with Crippen molar-refractivity contribution < 1.29 is 13.9 Å². The molecule has 1 amide bonds. The van der Waals surface area contributed by atoms with E-state index in [9.17, 15) is 4.79 Å². The zero-order chi connectivity index (χ0) is 16.2. The summed E-state index contributed by atoms with van der Waals surface area (Å²) in [7, 11) is 0. The van der Waals surface area contributed by atoms with Crippen molar-refractivity contribution in [2.75, 3.05) is 11.9 Å². The third kappa shape index (κ3) is 3.77. The smallest absolute Gasteiger partial charge is 0.322 e. The number of anilines is 1. The molecule has 0 bridgehead atoms. The van der Waals surface area contributed by atoms with Gasteiger partial charge in [-0.05, 0) is 59.3 Å². The van der Waals surface area contributed by atoms with E-state index in [1.807, 2.05) is 19.1 Å².